The molecule has 0 spiro atoms. The lowest BCUT2D eigenvalue weighted by molar-refractivity contribution is -0.136. The molecule has 0 saturated heterocycles. The molecule has 0 aromatic heterocycles. The molecule has 1 N–H and O–H groups in total. The second-order valence-corrected chi connectivity index (χ2v) is 7.37. The van der Waals surface area contributed by atoms with Crippen LogP contribution in [0.3, 0.4) is 0 Å². The Balaban J connectivity index is 2.00. The summed E-state index contributed by atoms with van der Waals surface area (Å²) >= 11 is 0. The molecule has 0 radical (unpaired) electrons. The normalized spacial score (nSPS) is 14.0. The van der Waals surface area contributed by atoms with Crippen LogP contribution in [0.25, 0.3) is 5.57 Å². The van der Waals surface area contributed by atoms with Gasteiger partial charge in [-0.25, -0.2) is 0 Å². The van der Waals surface area contributed by atoms with Crippen LogP contribution in [-0.2, 0) is 9.59 Å². The number of rotatable bonds is 7. The number of ether oxygens (including phenoxy) is 1. The third kappa shape index (κ3) is 4.24. The number of anilines is 1. The highest BCUT2D eigenvalue weighted by Gasteiger charge is 2.38. The van der Waals surface area contributed by atoms with Crippen LogP contribution >= 0.6 is 0 Å². The number of imide groups is 1. The number of benzene rings is 2. The minimum absolute atomic E-state index is 0.0781. The topological polar surface area (TPSA) is 58.6 Å². The quantitative estimate of drug-likeness (QED) is 0.560. The average molecular weight is 390 g/mol. The van der Waals surface area contributed by atoms with Crippen LogP contribution in [-0.4, -0.2) is 29.4 Å². The van der Waals surface area contributed by atoms with E-state index in [1.165, 1.54) is 4.90 Å². The summed E-state index contributed by atoms with van der Waals surface area (Å²) in [4.78, 5) is 27.2. The second kappa shape index (κ2) is 8.35. The molecule has 3 rings (SSSR count). The lowest BCUT2D eigenvalue weighted by atomic mass is 9.99. The summed E-state index contributed by atoms with van der Waals surface area (Å²) < 4.78 is 5.66. The van der Waals surface area contributed by atoms with E-state index >= 15 is 0 Å². The molecule has 0 saturated carbocycles. The van der Waals surface area contributed by atoms with Crippen LogP contribution in [0.1, 0.15) is 30.5 Å². The highest BCUT2D eigenvalue weighted by Crippen LogP contribution is 2.31. The molecule has 0 atom stereocenters. The lowest BCUT2D eigenvalue weighted by Gasteiger charge is -2.13. The molecule has 5 heteroatoms. The van der Waals surface area contributed by atoms with Crippen LogP contribution < -0.4 is 10.1 Å². The van der Waals surface area contributed by atoms with Crippen molar-refractivity contribution >= 4 is 23.1 Å². The molecule has 5 nitrogen and oxygen atoms in total. The third-order valence-corrected chi connectivity index (χ3v) is 4.77. The zero-order valence-corrected chi connectivity index (χ0v) is 17.3. The minimum Gasteiger partial charge on any atom is -0.491 e. The van der Waals surface area contributed by atoms with Crippen LogP contribution in [0, 0.1) is 13.8 Å². The molecule has 0 fully saturated rings. The van der Waals surface area contributed by atoms with Gasteiger partial charge >= 0.3 is 0 Å². The molecular weight excluding hydrogens is 364 g/mol. The van der Waals surface area contributed by atoms with Crippen molar-refractivity contribution in [3.05, 3.63) is 77.5 Å². The maximum Gasteiger partial charge on any atom is 0.278 e. The molecule has 2 aromatic carbocycles. The highest BCUT2D eigenvalue weighted by molar-refractivity contribution is 6.36. The van der Waals surface area contributed by atoms with Crippen molar-refractivity contribution in [2.75, 3.05) is 11.9 Å². The zero-order valence-electron chi connectivity index (χ0n) is 17.3. The summed E-state index contributed by atoms with van der Waals surface area (Å²) in [5.41, 5.74) is 4.27. The molecule has 2 aromatic rings. The molecule has 0 aliphatic carbocycles. The van der Waals surface area contributed by atoms with Crippen molar-refractivity contribution in [1.82, 2.24) is 4.90 Å². The van der Waals surface area contributed by atoms with E-state index in [0.29, 0.717) is 11.3 Å². The molecule has 29 heavy (non-hydrogen) atoms. The standard InChI is InChI=1S/C24H26N2O3/c1-6-13-26-23(27)21(18-8-7-16(4)17(5)14-18)22(24(26)28)25-19-9-11-20(12-10-19)29-15(2)3/h6-12,14-15,25H,1,13H2,2-5H3. The highest BCUT2D eigenvalue weighted by atomic mass is 16.5. The average Bonchev–Trinajstić information content (AvgIpc) is 2.90. The fourth-order valence-electron chi connectivity index (χ4n) is 3.18. The van der Waals surface area contributed by atoms with Crippen LogP contribution in [0.4, 0.5) is 5.69 Å². The van der Waals surface area contributed by atoms with Crippen LogP contribution in [0.5, 0.6) is 5.75 Å². The van der Waals surface area contributed by atoms with Crippen molar-refractivity contribution in [2.24, 2.45) is 0 Å². The minimum atomic E-state index is -0.356. The van der Waals surface area contributed by atoms with Gasteiger partial charge in [-0.15, -0.1) is 6.58 Å². The summed E-state index contributed by atoms with van der Waals surface area (Å²) in [7, 11) is 0. The Morgan fingerprint density at radius 2 is 1.72 bits per heavy atom. The SMILES string of the molecule is C=CCN1C(=O)C(Nc2ccc(OC(C)C)cc2)=C(c2ccc(C)c(C)c2)C1=O. The van der Waals surface area contributed by atoms with E-state index < -0.39 is 0 Å². The van der Waals surface area contributed by atoms with E-state index in [4.69, 9.17) is 4.74 Å². The van der Waals surface area contributed by atoms with E-state index in [1.54, 1.807) is 6.08 Å². The fourth-order valence-corrected chi connectivity index (χ4v) is 3.18. The number of hydrogen-bond donors (Lipinski definition) is 1. The number of nitrogens with zero attached hydrogens (tertiary/aromatic N) is 1. The summed E-state index contributed by atoms with van der Waals surface area (Å²) in [6.07, 6.45) is 1.63. The molecular formula is C24H26N2O3. The van der Waals surface area contributed by atoms with Gasteiger partial charge in [0.2, 0.25) is 0 Å². The van der Waals surface area contributed by atoms with Gasteiger partial charge < -0.3 is 10.1 Å². The van der Waals surface area contributed by atoms with Crippen LogP contribution in [0.2, 0.25) is 0 Å². The number of nitrogens with one attached hydrogen (secondary N) is 1. The molecule has 1 aliphatic rings. The molecule has 0 unspecified atom stereocenters. The predicted octanol–water partition coefficient (Wildman–Crippen LogP) is 4.47. The Labute approximate surface area is 171 Å². The molecule has 2 amide bonds. The van der Waals surface area contributed by atoms with Gasteiger partial charge in [0, 0.05) is 12.2 Å². The van der Waals surface area contributed by atoms with Crippen molar-refractivity contribution in [3.63, 3.8) is 0 Å². The molecule has 1 heterocycles. The van der Waals surface area contributed by atoms with Gasteiger partial charge in [-0.2, -0.15) is 0 Å². The maximum absolute atomic E-state index is 13.0. The fraction of sp³-hybridized carbons (Fsp3) is 0.250. The Morgan fingerprint density at radius 3 is 2.31 bits per heavy atom. The first-order chi connectivity index (χ1) is 13.8. The number of amides is 2. The van der Waals surface area contributed by atoms with Crippen LogP contribution in [0.15, 0.2) is 60.8 Å². The van der Waals surface area contributed by atoms with Gasteiger partial charge in [0.15, 0.2) is 0 Å². The number of carbonyl (C=O) groups is 2. The second-order valence-electron chi connectivity index (χ2n) is 7.37. The van der Waals surface area contributed by atoms with Crippen molar-refractivity contribution in [1.29, 1.82) is 0 Å². The van der Waals surface area contributed by atoms with Gasteiger partial charge in [0.1, 0.15) is 11.4 Å². The largest absolute Gasteiger partial charge is 0.491 e. The Morgan fingerprint density at radius 1 is 1.03 bits per heavy atom. The number of carbonyl (C=O) groups excluding carboxylic acids is 2. The van der Waals surface area contributed by atoms with E-state index in [0.717, 1.165) is 22.4 Å². The molecule has 150 valence electrons. The summed E-state index contributed by atoms with van der Waals surface area (Å²) in [5.74, 6) is 0.0714. The Hall–Kier alpha value is -3.34. The van der Waals surface area contributed by atoms with Gasteiger partial charge in [0.25, 0.3) is 11.8 Å². The van der Waals surface area contributed by atoms with Crippen molar-refractivity contribution < 1.29 is 14.3 Å². The summed E-state index contributed by atoms with van der Waals surface area (Å²) in [6, 6.07) is 13.1. The summed E-state index contributed by atoms with van der Waals surface area (Å²) in [5, 5.41) is 3.15. The van der Waals surface area contributed by atoms with E-state index in [-0.39, 0.29) is 30.2 Å². The van der Waals surface area contributed by atoms with Gasteiger partial charge in [-0.05, 0) is 68.7 Å². The van der Waals surface area contributed by atoms with E-state index in [1.807, 2.05) is 70.2 Å². The van der Waals surface area contributed by atoms with Crippen molar-refractivity contribution in [2.45, 2.75) is 33.8 Å². The van der Waals surface area contributed by atoms with Gasteiger partial charge in [-0.1, -0.05) is 24.3 Å². The predicted molar refractivity (Wildman–Crippen MR) is 116 cm³/mol. The molecule has 1 aliphatic heterocycles. The Bertz CT molecular complexity index is 988. The van der Waals surface area contributed by atoms with E-state index in [2.05, 4.69) is 11.9 Å². The first-order valence-corrected chi connectivity index (χ1v) is 9.64. The third-order valence-electron chi connectivity index (χ3n) is 4.77. The van der Waals surface area contributed by atoms with E-state index in [9.17, 15) is 9.59 Å². The number of aryl methyl sites for hydroxylation is 2. The zero-order chi connectivity index (χ0) is 21.1. The van der Waals surface area contributed by atoms with Crippen molar-refractivity contribution in [3.8, 4) is 5.75 Å². The monoisotopic (exact) mass is 390 g/mol. The smallest absolute Gasteiger partial charge is 0.278 e. The lowest BCUT2D eigenvalue weighted by Crippen LogP contribution is -2.32. The summed E-state index contributed by atoms with van der Waals surface area (Å²) in [6.45, 7) is 11.8. The molecule has 0 bridgehead atoms. The van der Waals surface area contributed by atoms with Gasteiger partial charge in [0.05, 0.1) is 11.7 Å². The maximum atomic E-state index is 13.0. The first-order valence-electron chi connectivity index (χ1n) is 9.64. The number of hydrogen-bond acceptors (Lipinski definition) is 4. The van der Waals surface area contributed by atoms with Gasteiger partial charge in [-0.3, -0.25) is 14.5 Å². The first kappa shape index (κ1) is 20.4. The Kier molecular flexibility index (Phi) is 5.87.